The molecule has 0 aromatic heterocycles. The lowest BCUT2D eigenvalue weighted by Gasteiger charge is -2.26. The van der Waals surface area contributed by atoms with Crippen molar-refractivity contribution in [1.29, 1.82) is 0 Å². The minimum Gasteiger partial charge on any atom is -0.481 e. The minimum absolute atomic E-state index is 0.0558. The van der Waals surface area contributed by atoms with Crippen molar-refractivity contribution in [2.24, 2.45) is 5.41 Å². The molecule has 0 radical (unpaired) electrons. The first-order valence-electron chi connectivity index (χ1n) is 6.08. The fourth-order valence-electron chi connectivity index (χ4n) is 2.22. The van der Waals surface area contributed by atoms with Crippen LogP contribution in [0.4, 0.5) is 4.39 Å². The zero-order chi connectivity index (χ0) is 15.8. The molecular weight excluding hydrogens is 343 g/mol. The second-order valence-electron chi connectivity index (χ2n) is 5.10. The molecule has 1 aromatic rings. The number of benzene rings is 1. The lowest BCUT2D eigenvalue weighted by molar-refractivity contribution is -0.145. The Bertz CT molecular complexity index is 693. The van der Waals surface area contributed by atoms with Gasteiger partial charge in [0.2, 0.25) is 0 Å². The van der Waals surface area contributed by atoms with Gasteiger partial charge < -0.3 is 10.2 Å². The highest BCUT2D eigenvalue weighted by atomic mass is 79.9. The number of hydrogen-bond acceptors (Lipinski definition) is 2. The minimum atomic E-state index is -1.38. The van der Waals surface area contributed by atoms with Crippen molar-refractivity contribution in [3.8, 4) is 0 Å². The summed E-state index contributed by atoms with van der Waals surface area (Å²) in [6.07, 6.45) is 2.58. The average molecular weight is 355 g/mol. The van der Waals surface area contributed by atoms with Crippen LogP contribution in [0.15, 0.2) is 40.4 Å². The Hall–Kier alpha value is -1.95. The summed E-state index contributed by atoms with van der Waals surface area (Å²) < 4.78 is 14.6. The molecule has 0 heterocycles. The van der Waals surface area contributed by atoms with E-state index in [1.807, 2.05) is 0 Å². The van der Waals surface area contributed by atoms with Crippen molar-refractivity contribution in [2.45, 2.75) is 13.3 Å². The van der Waals surface area contributed by atoms with Crippen LogP contribution in [-0.4, -0.2) is 22.2 Å². The van der Waals surface area contributed by atoms with Gasteiger partial charge in [0.05, 0.1) is 5.41 Å². The summed E-state index contributed by atoms with van der Waals surface area (Å²) in [5.74, 6) is -2.90. The van der Waals surface area contributed by atoms with Gasteiger partial charge in [0, 0.05) is 15.6 Å². The van der Waals surface area contributed by atoms with Crippen LogP contribution < -0.4 is 0 Å². The summed E-state index contributed by atoms with van der Waals surface area (Å²) in [5.41, 5.74) is -1.01. The molecule has 0 aliphatic heterocycles. The van der Waals surface area contributed by atoms with E-state index < -0.39 is 23.2 Å². The Labute approximate surface area is 128 Å². The van der Waals surface area contributed by atoms with E-state index in [-0.39, 0.29) is 23.1 Å². The number of aliphatic carboxylic acids is 2. The van der Waals surface area contributed by atoms with Gasteiger partial charge in [-0.1, -0.05) is 28.1 Å². The third-order valence-corrected chi connectivity index (χ3v) is 3.86. The van der Waals surface area contributed by atoms with Gasteiger partial charge in [0.1, 0.15) is 5.82 Å². The third kappa shape index (κ3) is 3.05. The summed E-state index contributed by atoms with van der Waals surface area (Å²) in [6, 6.07) is 4.34. The monoisotopic (exact) mass is 354 g/mol. The first-order valence-corrected chi connectivity index (χ1v) is 6.88. The molecular formula is C15H12BrFO4. The predicted octanol–water partition coefficient (Wildman–Crippen LogP) is 3.48. The number of halogens is 2. The van der Waals surface area contributed by atoms with Gasteiger partial charge >= 0.3 is 11.9 Å². The lowest BCUT2D eigenvalue weighted by Crippen LogP contribution is -2.29. The first kappa shape index (κ1) is 15.4. The van der Waals surface area contributed by atoms with E-state index in [0.29, 0.717) is 4.47 Å². The first-order chi connectivity index (χ1) is 9.73. The molecule has 1 aliphatic rings. The molecule has 2 rings (SSSR count). The van der Waals surface area contributed by atoms with E-state index in [1.54, 1.807) is 6.07 Å². The molecule has 2 N–H and O–H groups in total. The Morgan fingerprint density at radius 1 is 1.33 bits per heavy atom. The van der Waals surface area contributed by atoms with Crippen LogP contribution in [0.2, 0.25) is 0 Å². The third-order valence-electron chi connectivity index (χ3n) is 3.37. The van der Waals surface area contributed by atoms with E-state index in [2.05, 4.69) is 15.9 Å². The van der Waals surface area contributed by atoms with Gasteiger partial charge in [-0.3, -0.25) is 4.79 Å². The van der Waals surface area contributed by atoms with Crippen LogP contribution in [-0.2, 0) is 9.59 Å². The van der Waals surface area contributed by atoms with Crippen molar-refractivity contribution in [1.82, 2.24) is 0 Å². The Morgan fingerprint density at radius 3 is 2.52 bits per heavy atom. The van der Waals surface area contributed by atoms with Crippen molar-refractivity contribution in [2.75, 3.05) is 0 Å². The van der Waals surface area contributed by atoms with Crippen molar-refractivity contribution in [3.05, 3.63) is 51.8 Å². The SMILES string of the molecule is CC1(C(=O)O)C=C(c2ccc(Br)cc2F)C=C(C(=O)O)C1. The van der Waals surface area contributed by atoms with E-state index in [1.165, 1.54) is 31.2 Å². The van der Waals surface area contributed by atoms with Gasteiger partial charge in [-0.25, -0.2) is 9.18 Å². The second-order valence-corrected chi connectivity index (χ2v) is 6.01. The van der Waals surface area contributed by atoms with Gasteiger partial charge in [0.25, 0.3) is 0 Å². The molecule has 1 aromatic carbocycles. The fraction of sp³-hybridized carbons (Fsp3) is 0.200. The van der Waals surface area contributed by atoms with Gasteiger partial charge in [-0.05, 0) is 37.1 Å². The maximum Gasteiger partial charge on any atom is 0.331 e. The summed E-state index contributed by atoms with van der Waals surface area (Å²) in [5, 5.41) is 18.4. The molecule has 6 heteroatoms. The van der Waals surface area contributed by atoms with Crippen LogP contribution >= 0.6 is 15.9 Å². The van der Waals surface area contributed by atoms with E-state index in [9.17, 15) is 19.1 Å². The molecule has 1 aliphatic carbocycles. The summed E-state index contributed by atoms with van der Waals surface area (Å²) in [4.78, 5) is 22.6. The highest BCUT2D eigenvalue weighted by Crippen LogP contribution is 2.38. The Balaban J connectivity index is 2.60. The van der Waals surface area contributed by atoms with Crippen LogP contribution in [0.3, 0.4) is 0 Å². The molecule has 0 spiro atoms. The van der Waals surface area contributed by atoms with Gasteiger partial charge in [0.15, 0.2) is 0 Å². The molecule has 0 saturated carbocycles. The Morgan fingerprint density at radius 2 is 2.00 bits per heavy atom. The Kier molecular flexibility index (Phi) is 4.00. The summed E-state index contributed by atoms with van der Waals surface area (Å²) >= 11 is 3.14. The van der Waals surface area contributed by atoms with Crippen molar-refractivity contribution in [3.63, 3.8) is 0 Å². The molecule has 1 unspecified atom stereocenters. The number of carboxylic acid groups (broad SMARTS) is 2. The van der Waals surface area contributed by atoms with E-state index in [0.717, 1.165) is 0 Å². The smallest absolute Gasteiger partial charge is 0.331 e. The molecule has 110 valence electrons. The summed E-state index contributed by atoms with van der Waals surface area (Å²) in [6.45, 7) is 1.42. The van der Waals surface area contributed by atoms with Crippen molar-refractivity contribution >= 4 is 33.4 Å². The van der Waals surface area contributed by atoms with Crippen LogP contribution in [0, 0.1) is 11.2 Å². The normalized spacial score (nSPS) is 21.5. The maximum atomic E-state index is 14.0. The summed E-state index contributed by atoms with van der Waals surface area (Å²) in [7, 11) is 0. The quantitative estimate of drug-likeness (QED) is 0.871. The van der Waals surface area contributed by atoms with E-state index in [4.69, 9.17) is 5.11 Å². The van der Waals surface area contributed by atoms with E-state index >= 15 is 0 Å². The van der Waals surface area contributed by atoms with Crippen molar-refractivity contribution < 1.29 is 24.2 Å². The number of carboxylic acids is 2. The van der Waals surface area contributed by atoms with Gasteiger partial charge in [-0.15, -0.1) is 0 Å². The average Bonchev–Trinajstić information content (AvgIpc) is 2.37. The number of carbonyl (C=O) groups is 2. The zero-order valence-corrected chi connectivity index (χ0v) is 12.6. The number of rotatable bonds is 3. The number of allylic oxidation sites excluding steroid dienone is 2. The lowest BCUT2D eigenvalue weighted by atomic mass is 9.76. The van der Waals surface area contributed by atoms with Crippen LogP contribution in [0.25, 0.3) is 5.57 Å². The number of hydrogen-bond donors (Lipinski definition) is 2. The second kappa shape index (κ2) is 5.44. The highest BCUT2D eigenvalue weighted by Gasteiger charge is 2.37. The molecule has 4 nitrogen and oxygen atoms in total. The standard InChI is InChI=1S/C15H12BrFO4/c1-15(14(20)21)6-8(4-9(7-15)13(18)19)11-3-2-10(16)5-12(11)17/h2-6H,7H2,1H3,(H,18,19)(H,20,21). The largest absolute Gasteiger partial charge is 0.481 e. The van der Waals surface area contributed by atoms with Crippen LogP contribution in [0.5, 0.6) is 0 Å². The zero-order valence-electron chi connectivity index (χ0n) is 11.1. The molecule has 21 heavy (non-hydrogen) atoms. The molecule has 0 fully saturated rings. The molecule has 0 bridgehead atoms. The molecule has 0 saturated heterocycles. The van der Waals surface area contributed by atoms with Gasteiger partial charge in [-0.2, -0.15) is 0 Å². The molecule has 0 amide bonds. The fourth-order valence-corrected chi connectivity index (χ4v) is 2.56. The molecule has 1 atom stereocenters. The maximum absolute atomic E-state index is 14.0. The van der Waals surface area contributed by atoms with Crippen LogP contribution in [0.1, 0.15) is 18.9 Å². The predicted molar refractivity (Wildman–Crippen MR) is 78.2 cm³/mol. The topological polar surface area (TPSA) is 74.6 Å². The highest BCUT2D eigenvalue weighted by molar-refractivity contribution is 9.10.